The molecule has 0 saturated heterocycles. The quantitative estimate of drug-likeness (QED) is 0.506. The molecule has 0 aromatic heterocycles. The van der Waals surface area contributed by atoms with Gasteiger partial charge in [0, 0.05) is 9.13 Å². The van der Waals surface area contributed by atoms with Crippen LogP contribution in [0.1, 0.15) is 10.4 Å². The third-order valence-electron chi connectivity index (χ3n) is 2.64. The van der Waals surface area contributed by atoms with Crippen LogP contribution in [0.3, 0.4) is 0 Å². The van der Waals surface area contributed by atoms with Crippen molar-refractivity contribution in [2.45, 2.75) is 0 Å². The zero-order chi connectivity index (χ0) is 14.5. The van der Waals surface area contributed by atoms with Crippen molar-refractivity contribution >= 4 is 44.3 Å². The van der Waals surface area contributed by atoms with E-state index >= 15 is 0 Å². The van der Waals surface area contributed by atoms with E-state index in [0.717, 1.165) is 8.04 Å². The number of carbonyl (C=O) groups excluding carboxylic acids is 1. The molecule has 0 fully saturated rings. The highest BCUT2D eigenvalue weighted by molar-refractivity contribution is 14.1. The fourth-order valence-electron chi connectivity index (χ4n) is 1.63. The largest absolute Gasteiger partial charge is 0.496 e. The molecule has 5 heteroatoms. The molecule has 0 aliphatic rings. The van der Waals surface area contributed by atoms with Gasteiger partial charge in [0.25, 0.3) is 0 Å². The molecule has 3 nitrogen and oxygen atoms in total. The normalized spacial score (nSPS) is 10.2. The average Bonchev–Trinajstić information content (AvgIpc) is 2.44. The van der Waals surface area contributed by atoms with Gasteiger partial charge >= 0.3 is 0 Å². The van der Waals surface area contributed by atoms with Crippen LogP contribution in [0, 0.1) is 3.57 Å². The van der Waals surface area contributed by atoms with E-state index in [1.54, 1.807) is 25.3 Å². The first-order valence-electron chi connectivity index (χ1n) is 5.85. The first kappa shape index (κ1) is 15.3. The molecule has 0 aliphatic heterocycles. The molecule has 0 bridgehead atoms. The monoisotopic (exact) mass is 446 g/mol. The number of hydrogen-bond acceptors (Lipinski definition) is 3. The van der Waals surface area contributed by atoms with E-state index in [1.165, 1.54) is 0 Å². The summed E-state index contributed by atoms with van der Waals surface area (Å²) in [4.78, 5) is 12.1. The minimum atomic E-state index is -0.0767. The average molecular weight is 447 g/mol. The van der Waals surface area contributed by atoms with Gasteiger partial charge in [0.2, 0.25) is 0 Å². The van der Waals surface area contributed by atoms with Crippen molar-refractivity contribution < 1.29 is 14.3 Å². The predicted octanol–water partition coefficient (Wildman–Crippen LogP) is 4.32. The second-order valence-electron chi connectivity index (χ2n) is 4.02. The van der Waals surface area contributed by atoms with Gasteiger partial charge in [0.05, 0.1) is 11.6 Å². The topological polar surface area (TPSA) is 35.5 Å². The molecule has 2 aromatic carbocycles. The Bertz CT molecular complexity index is 628. The number of ether oxygens (including phenoxy) is 2. The summed E-state index contributed by atoms with van der Waals surface area (Å²) in [5.74, 6) is 1.31. The molecule has 0 heterocycles. The highest BCUT2D eigenvalue weighted by Crippen LogP contribution is 2.25. The van der Waals surface area contributed by atoms with Gasteiger partial charge in [-0.15, -0.1) is 0 Å². The van der Waals surface area contributed by atoms with E-state index < -0.39 is 0 Å². The van der Waals surface area contributed by atoms with Crippen molar-refractivity contribution in [3.63, 3.8) is 0 Å². The molecule has 20 heavy (non-hydrogen) atoms. The first-order chi connectivity index (χ1) is 9.60. The Labute approximate surface area is 139 Å². The molecule has 0 radical (unpaired) electrons. The molecule has 0 saturated carbocycles. The summed E-state index contributed by atoms with van der Waals surface area (Å²) >= 11 is 5.56. The lowest BCUT2D eigenvalue weighted by Gasteiger charge is -2.08. The molecule has 104 valence electrons. The number of ketones is 1. The number of carbonyl (C=O) groups is 1. The minimum absolute atomic E-state index is 0.0128. The van der Waals surface area contributed by atoms with Crippen LogP contribution in [0.4, 0.5) is 0 Å². The van der Waals surface area contributed by atoms with Crippen LogP contribution in [0.5, 0.6) is 11.5 Å². The molecule has 2 rings (SSSR count). The molecular weight excluding hydrogens is 435 g/mol. The lowest BCUT2D eigenvalue weighted by atomic mass is 10.1. The third kappa shape index (κ3) is 3.96. The van der Waals surface area contributed by atoms with Gasteiger partial charge in [-0.05, 0) is 74.9 Å². The van der Waals surface area contributed by atoms with Crippen molar-refractivity contribution in [1.29, 1.82) is 0 Å². The van der Waals surface area contributed by atoms with Crippen LogP contribution >= 0.6 is 38.5 Å². The van der Waals surface area contributed by atoms with Crippen LogP contribution in [0.25, 0.3) is 0 Å². The van der Waals surface area contributed by atoms with E-state index in [2.05, 4.69) is 38.5 Å². The van der Waals surface area contributed by atoms with E-state index in [4.69, 9.17) is 9.47 Å². The first-order valence-corrected chi connectivity index (χ1v) is 7.72. The van der Waals surface area contributed by atoms with E-state index in [9.17, 15) is 4.79 Å². The van der Waals surface area contributed by atoms with Gasteiger partial charge in [0.15, 0.2) is 12.4 Å². The molecule has 0 unspecified atom stereocenters. The Kier molecular flexibility index (Phi) is 5.42. The summed E-state index contributed by atoms with van der Waals surface area (Å²) in [6.45, 7) is 0.0128. The standard InChI is InChI=1S/C15H12BrIO3/c1-19-15-6-5-10(7-13(15)16)14(18)9-20-12-4-2-3-11(17)8-12/h2-8H,9H2,1H3. The van der Waals surface area contributed by atoms with Gasteiger partial charge < -0.3 is 9.47 Å². The third-order valence-corrected chi connectivity index (χ3v) is 3.93. The van der Waals surface area contributed by atoms with E-state index in [-0.39, 0.29) is 12.4 Å². The van der Waals surface area contributed by atoms with Crippen LogP contribution in [-0.4, -0.2) is 19.5 Å². The molecule has 0 N–H and O–H groups in total. The van der Waals surface area contributed by atoms with E-state index in [1.807, 2.05) is 24.3 Å². The number of rotatable bonds is 5. The van der Waals surface area contributed by atoms with Crippen molar-refractivity contribution in [3.05, 3.63) is 56.1 Å². The zero-order valence-electron chi connectivity index (χ0n) is 10.7. The number of halogens is 2. The van der Waals surface area contributed by atoms with Crippen molar-refractivity contribution in [2.24, 2.45) is 0 Å². The molecule has 0 amide bonds. The highest BCUT2D eigenvalue weighted by Gasteiger charge is 2.10. The second kappa shape index (κ2) is 7.08. The molecular formula is C15H12BrIO3. The molecule has 0 spiro atoms. The Morgan fingerprint density at radius 3 is 2.70 bits per heavy atom. The van der Waals surface area contributed by atoms with Crippen LogP contribution in [0.2, 0.25) is 0 Å². The summed E-state index contributed by atoms with van der Waals surface area (Å²) in [6.07, 6.45) is 0. The summed E-state index contributed by atoms with van der Waals surface area (Å²) in [5, 5.41) is 0. The van der Waals surface area contributed by atoms with E-state index in [0.29, 0.717) is 17.1 Å². The van der Waals surface area contributed by atoms with Gasteiger partial charge in [0.1, 0.15) is 11.5 Å². The maximum Gasteiger partial charge on any atom is 0.200 e. The predicted molar refractivity (Wildman–Crippen MR) is 89.7 cm³/mol. The van der Waals surface area contributed by atoms with Crippen LogP contribution < -0.4 is 9.47 Å². The lowest BCUT2D eigenvalue weighted by molar-refractivity contribution is 0.0921. The molecule has 0 aliphatic carbocycles. The number of benzene rings is 2. The fourth-order valence-corrected chi connectivity index (χ4v) is 2.68. The molecule has 0 atom stereocenters. The molecule has 2 aromatic rings. The van der Waals surface area contributed by atoms with Gasteiger partial charge in [-0.25, -0.2) is 0 Å². The summed E-state index contributed by atoms with van der Waals surface area (Å²) < 4.78 is 12.4. The maximum atomic E-state index is 12.1. The Morgan fingerprint density at radius 1 is 1.25 bits per heavy atom. The zero-order valence-corrected chi connectivity index (χ0v) is 14.5. The number of methoxy groups -OCH3 is 1. The number of hydrogen-bond donors (Lipinski definition) is 0. The van der Waals surface area contributed by atoms with Crippen molar-refractivity contribution in [3.8, 4) is 11.5 Å². The fraction of sp³-hybridized carbons (Fsp3) is 0.133. The Morgan fingerprint density at radius 2 is 2.05 bits per heavy atom. The number of Topliss-reactive ketones (excluding diaryl/α,β-unsaturated/α-hetero) is 1. The minimum Gasteiger partial charge on any atom is -0.496 e. The van der Waals surface area contributed by atoms with Gasteiger partial charge in [-0.2, -0.15) is 0 Å². The smallest absolute Gasteiger partial charge is 0.200 e. The summed E-state index contributed by atoms with van der Waals surface area (Å²) in [7, 11) is 1.59. The van der Waals surface area contributed by atoms with Gasteiger partial charge in [-0.3, -0.25) is 4.79 Å². The van der Waals surface area contributed by atoms with Crippen LogP contribution in [-0.2, 0) is 0 Å². The summed E-state index contributed by atoms with van der Waals surface area (Å²) in [5.41, 5.74) is 0.586. The highest BCUT2D eigenvalue weighted by atomic mass is 127. The van der Waals surface area contributed by atoms with Crippen molar-refractivity contribution in [2.75, 3.05) is 13.7 Å². The Hall–Kier alpha value is -1.08. The SMILES string of the molecule is COc1ccc(C(=O)COc2cccc(I)c2)cc1Br. The second-order valence-corrected chi connectivity index (χ2v) is 6.12. The van der Waals surface area contributed by atoms with Crippen LogP contribution in [0.15, 0.2) is 46.9 Å². The lowest BCUT2D eigenvalue weighted by Crippen LogP contribution is -2.11. The van der Waals surface area contributed by atoms with Crippen molar-refractivity contribution in [1.82, 2.24) is 0 Å². The maximum absolute atomic E-state index is 12.1. The summed E-state index contributed by atoms with van der Waals surface area (Å²) in [6, 6.07) is 12.8. The Balaban J connectivity index is 2.03. The van der Waals surface area contributed by atoms with Gasteiger partial charge in [-0.1, -0.05) is 6.07 Å².